The van der Waals surface area contributed by atoms with Crippen LogP contribution in [0.15, 0.2) is 36.5 Å². The van der Waals surface area contributed by atoms with Crippen LogP contribution < -0.4 is 5.32 Å². The number of ketones is 1. The predicted molar refractivity (Wildman–Crippen MR) is 159 cm³/mol. The maximum Gasteiger partial charge on any atom is 0.328 e. The Morgan fingerprint density at radius 2 is 1.86 bits per heavy atom. The molecule has 3 heterocycles. The Morgan fingerprint density at radius 1 is 1.14 bits per heavy atom. The lowest BCUT2D eigenvalue weighted by atomic mass is 9.72. The molecule has 4 N–H and O–H groups in total. The average molecular weight is 624 g/mol. The molecule has 0 radical (unpaired) electrons. The number of ether oxygens (including phenoxy) is 5. The van der Waals surface area contributed by atoms with Gasteiger partial charge < -0.3 is 44.3 Å². The van der Waals surface area contributed by atoms with Gasteiger partial charge in [0.25, 0.3) is 5.91 Å². The summed E-state index contributed by atoms with van der Waals surface area (Å²) in [5.41, 5.74) is 0.0415. The van der Waals surface area contributed by atoms with Gasteiger partial charge in [-0.15, -0.1) is 0 Å². The maximum atomic E-state index is 13.2. The minimum atomic E-state index is -2.15. The summed E-state index contributed by atoms with van der Waals surface area (Å²) in [5, 5.41) is 33.1. The van der Waals surface area contributed by atoms with Gasteiger partial charge >= 0.3 is 5.97 Å². The monoisotopic (exact) mass is 623 g/mol. The number of carbonyl (C=O) groups is 3. The highest BCUT2D eigenvalue weighted by Crippen LogP contribution is 2.43. The number of rotatable bonds is 14. The zero-order chi connectivity index (χ0) is 32.7. The molecule has 1 amide bonds. The first-order valence-electron chi connectivity index (χ1n) is 15.3. The van der Waals surface area contributed by atoms with Crippen LogP contribution >= 0.6 is 0 Å². The molecular formula is C32H49NO11. The lowest BCUT2D eigenvalue weighted by Gasteiger charge is -2.54. The Morgan fingerprint density at radius 3 is 2.52 bits per heavy atom. The Kier molecular flexibility index (Phi) is 12.9. The van der Waals surface area contributed by atoms with Crippen molar-refractivity contribution < 1.29 is 53.4 Å². The van der Waals surface area contributed by atoms with Crippen LogP contribution in [-0.4, -0.2) is 95.5 Å². The highest BCUT2D eigenvalue weighted by Gasteiger charge is 2.57. The van der Waals surface area contributed by atoms with Crippen LogP contribution in [0.25, 0.3) is 0 Å². The average Bonchev–Trinajstić information content (AvgIpc) is 2.95. The summed E-state index contributed by atoms with van der Waals surface area (Å²) in [6, 6.07) is 0. The van der Waals surface area contributed by atoms with Crippen LogP contribution in [0.4, 0.5) is 0 Å². The molecule has 0 aromatic rings. The molecule has 12 nitrogen and oxygen atoms in total. The lowest BCUT2D eigenvalue weighted by molar-refractivity contribution is -0.330. The van der Waals surface area contributed by atoms with Crippen LogP contribution in [0.3, 0.4) is 0 Å². The van der Waals surface area contributed by atoms with Gasteiger partial charge in [0, 0.05) is 43.8 Å². The number of hydrogen-bond acceptors (Lipinski definition) is 10. The van der Waals surface area contributed by atoms with Crippen LogP contribution in [0, 0.1) is 11.3 Å². The number of amides is 1. The summed E-state index contributed by atoms with van der Waals surface area (Å²) < 4.78 is 29.5. The minimum absolute atomic E-state index is 0.0326. The number of fused-ring (bicyclic) bond motifs is 1. The fraction of sp³-hybridized carbons (Fsp3) is 0.719. The smallest absolute Gasteiger partial charge is 0.328 e. The number of carboxylic acids is 1. The van der Waals surface area contributed by atoms with Gasteiger partial charge in [0.1, 0.15) is 24.8 Å². The number of nitrogens with one attached hydrogen (secondary N) is 1. The van der Waals surface area contributed by atoms with Crippen LogP contribution in [0.5, 0.6) is 0 Å². The number of carbonyl (C=O) groups excluding carboxylic acids is 2. The van der Waals surface area contributed by atoms with E-state index >= 15 is 0 Å². The van der Waals surface area contributed by atoms with Crippen molar-refractivity contribution in [1.82, 2.24) is 5.32 Å². The SMILES string of the molecule is C=C1C[C@](O)([C@H](O)C(=O)N[C@H]2OCO[C@H]3[C@@H]2O[C@H](CC(=O)CCCCC/C=C/C=C/C(=O)O)C(C)(C)[C@@H]3OC)O[C@H](C)[C@@H]1C. The standard InChI is InChI=1S/C32H49NO11/c1-19-17-32(39,44-21(3)20(19)2)27(37)29(38)33-30-26-25(41-18-42-30)28(40-6)31(4,5)23(43-26)16-22(34)14-12-10-8-7-9-11-13-15-24(35)36/h9,11,13,15,20-21,23,25-28,30,37,39H,1,7-8,10,12,14,16-18H2,2-6H3,(H,33,38)(H,35,36)/b11-9+,15-13+/t20-,21-,23-,25+,26+,27-,28-,30+,32-/m1/s1. The van der Waals surface area contributed by atoms with Crippen molar-refractivity contribution in [2.24, 2.45) is 11.3 Å². The number of aliphatic hydroxyl groups excluding tert-OH is 1. The van der Waals surface area contributed by atoms with Gasteiger partial charge in [-0.05, 0) is 26.2 Å². The van der Waals surface area contributed by atoms with Crippen LogP contribution in [-0.2, 0) is 38.1 Å². The molecule has 0 saturated carbocycles. The molecular weight excluding hydrogens is 574 g/mol. The molecule has 3 fully saturated rings. The van der Waals surface area contributed by atoms with E-state index in [9.17, 15) is 24.6 Å². The number of unbranched alkanes of at least 4 members (excludes halogenated alkanes) is 3. The molecule has 3 aliphatic rings. The van der Waals surface area contributed by atoms with Crippen molar-refractivity contribution in [3.05, 3.63) is 36.5 Å². The fourth-order valence-electron chi connectivity index (χ4n) is 6.06. The highest BCUT2D eigenvalue weighted by atomic mass is 16.7. The molecule has 12 heteroatoms. The summed E-state index contributed by atoms with van der Waals surface area (Å²) in [4.78, 5) is 36.7. The van der Waals surface area contributed by atoms with Gasteiger partial charge in [-0.25, -0.2) is 4.79 Å². The Hall–Kier alpha value is -2.45. The van der Waals surface area contributed by atoms with Crippen molar-refractivity contribution in [2.45, 2.75) is 121 Å². The summed E-state index contributed by atoms with van der Waals surface area (Å²) in [7, 11) is 1.56. The number of aliphatic hydroxyl groups is 2. The fourth-order valence-corrected chi connectivity index (χ4v) is 6.06. The maximum absolute atomic E-state index is 13.2. The molecule has 0 aliphatic carbocycles. The summed E-state index contributed by atoms with van der Waals surface area (Å²) >= 11 is 0. The van der Waals surface area contributed by atoms with E-state index in [2.05, 4.69) is 11.9 Å². The molecule has 3 aliphatic heterocycles. The van der Waals surface area contributed by atoms with E-state index in [1.807, 2.05) is 26.8 Å². The molecule has 3 rings (SSSR count). The van der Waals surface area contributed by atoms with Gasteiger partial charge in [-0.1, -0.05) is 57.6 Å². The summed E-state index contributed by atoms with van der Waals surface area (Å²) in [6.45, 7) is 11.3. The van der Waals surface area contributed by atoms with E-state index in [0.717, 1.165) is 25.3 Å². The molecule has 3 saturated heterocycles. The number of hydrogen-bond donors (Lipinski definition) is 4. The van der Waals surface area contributed by atoms with E-state index < -0.39 is 65.9 Å². The third-order valence-electron chi connectivity index (χ3n) is 8.97. The molecule has 0 aromatic carbocycles. The summed E-state index contributed by atoms with van der Waals surface area (Å²) in [6.07, 6.45) is 3.77. The van der Waals surface area contributed by atoms with Crippen LogP contribution in [0.2, 0.25) is 0 Å². The Labute approximate surface area is 259 Å². The lowest BCUT2D eigenvalue weighted by Crippen LogP contribution is -2.69. The van der Waals surface area contributed by atoms with Crippen molar-refractivity contribution in [1.29, 1.82) is 0 Å². The molecule has 248 valence electrons. The van der Waals surface area contributed by atoms with Gasteiger partial charge in [-0.2, -0.15) is 0 Å². The van der Waals surface area contributed by atoms with Crippen molar-refractivity contribution in [3.8, 4) is 0 Å². The number of methoxy groups -OCH3 is 1. The second-order valence-corrected chi connectivity index (χ2v) is 12.6. The molecule has 0 unspecified atom stereocenters. The third kappa shape index (κ3) is 8.84. The second-order valence-electron chi connectivity index (χ2n) is 12.6. The van der Waals surface area contributed by atoms with E-state index in [1.54, 1.807) is 20.1 Å². The second kappa shape index (κ2) is 15.7. The molecule has 0 spiro atoms. The van der Waals surface area contributed by atoms with Gasteiger partial charge in [-0.3, -0.25) is 9.59 Å². The van der Waals surface area contributed by atoms with Crippen molar-refractivity contribution in [3.63, 3.8) is 0 Å². The minimum Gasteiger partial charge on any atom is -0.478 e. The van der Waals surface area contributed by atoms with Gasteiger partial charge in [0.05, 0.1) is 18.3 Å². The zero-order valence-corrected chi connectivity index (χ0v) is 26.4. The summed E-state index contributed by atoms with van der Waals surface area (Å²) in [5.74, 6) is -4.06. The molecule has 0 aromatic heterocycles. The van der Waals surface area contributed by atoms with Gasteiger partial charge in [0.2, 0.25) is 5.79 Å². The first-order chi connectivity index (χ1) is 20.7. The quantitative estimate of drug-likeness (QED) is 0.0971. The third-order valence-corrected chi connectivity index (χ3v) is 8.97. The van der Waals surface area contributed by atoms with Crippen LogP contribution in [0.1, 0.15) is 72.6 Å². The van der Waals surface area contributed by atoms with E-state index in [1.165, 1.54) is 6.08 Å². The number of aliphatic carboxylic acids is 1. The van der Waals surface area contributed by atoms with Crippen molar-refractivity contribution in [2.75, 3.05) is 13.9 Å². The largest absolute Gasteiger partial charge is 0.478 e. The molecule has 44 heavy (non-hydrogen) atoms. The topological polar surface area (TPSA) is 170 Å². The molecule has 9 atom stereocenters. The van der Waals surface area contributed by atoms with E-state index in [-0.39, 0.29) is 31.3 Å². The molecule has 0 bridgehead atoms. The number of allylic oxidation sites excluding steroid dienone is 3. The number of Topliss-reactive ketones (excluding diaryl/α,β-unsaturated/α-hetero) is 1. The predicted octanol–water partition coefficient (Wildman–Crippen LogP) is 2.77. The first kappa shape index (κ1) is 36.0. The Balaban J connectivity index is 1.60. The normalized spacial score (nSPS) is 34.5. The first-order valence-corrected chi connectivity index (χ1v) is 15.3. The van der Waals surface area contributed by atoms with Gasteiger partial charge in [0.15, 0.2) is 12.3 Å². The van der Waals surface area contributed by atoms with E-state index in [0.29, 0.717) is 18.4 Å². The van der Waals surface area contributed by atoms with E-state index in [4.69, 9.17) is 28.8 Å². The Bertz CT molecular complexity index is 1090. The number of carboxylic acid groups (broad SMARTS) is 1. The van der Waals surface area contributed by atoms with Crippen molar-refractivity contribution >= 4 is 17.7 Å². The highest BCUT2D eigenvalue weighted by molar-refractivity contribution is 5.82. The zero-order valence-electron chi connectivity index (χ0n) is 26.4.